The molecule has 33 heavy (non-hydrogen) atoms. The number of hydrogen-bond acceptors (Lipinski definition) is 4. The number of nitrogens with zero attached hydrogens (tertiary/aromatic N) is 3. The second-order valence-corrected chi connectivity index (χ2v) is 7.94. The number of guanidine groups is 1. The van der Waals surface area contributed by atoms with Crippen LogP contribution in [0.2, 0.25) is 0 Å². The van der Waals surface area contributed by atoms with E-state index in [0.29, 0.717) is 51.8 Å². The Hall–Kier alpha value is -3.39. The summed E-state index contributed by atoms with van der Waals surface area (Å²) < 4.78 is 5.40. The van der Waals surface area contributed by atoms with Crippen molar-refractivity contribution < 1.29 is 14.3 Å². The molecule has 1 aromatic carbocycles. The van der Waals surface area contributed by atoms with Crippen LogP contribution in [0.1, 0.15) is 18.4 Å². The number of carbonyl (C=O) groups excluding carboxylic acids is 2. The average Bonchev–Trinajstić information content (AvgIpc) is 3.22. The van der Waals surface area contributed by atoms with Gasteiger partial charge in [-0.15, -0.1) is 0 Å². The standard InChI is InChI=1S/C25H33N5O3/c1-2-6-21(11-16-31)19-22-10-13-30(23(22)28-24(26)29-14-17-33-18-15-29)25(32)27-12-9-20-7-4-3-5-8-20/h2-8,16,19,23H,1,9-15,17-18H2,(H2,26,28)(H,27,32). The van der Waals surface area contributed by atoms with Gasteiger partial charge in [0.2, 0.25) is 0 Å². The van der Waals surface area contributed by atoms with Crippen molar-refractivity contribution in [3.8, 4) is 0 Å². The normalized spacial score (nSPS) is 20.7. The number of allylic oxidation sites excluding steroid dienone is 4. The molecule has 1 atom stereocenters. The van der Waals surface area contributed by atoms with Gasteiger partial charge in [-0.3, -0.25) is 4.90 Å². The number of aldehydes is 1. The number of rotatable bonds is 8. The van der Waals surface area contributed by atoms with Gasteiger partial charge in [0.15, 0.2) is 12.1 Å². The molecule has 0 saturated carbocycles. The molecule has 2 aliphatic heterocycles. The van der Waals surface area contributed by atoms with Gasteiger partial charge in [0.25, 0.3) is 0 Å². The molecule has 1 unspecified atom stereocenters. The highest BCUT2D eigenvalue weighted by Crippen LogP contribution is 2.27. The van der Waals surface area contributed by atoms with Crippen LogP contribution in [0.5, 0.6) is 0 Å². The van der Waals surface area contributed by atoms with Crippen molar-refractivity contribution in [2.75, 3.05) is 39.4 Å². The van der Waals surface area contributed by atoms with Crippen LogP contribution >= 0.6 is 0 Å². The summed E-state index contributed by atoms with van der Waals surface area (Å²) in [6, 6.07) is 9.85. The van der Waals surface area contributed by atoms with E-state index in [2.05, 4.69) is 11.9 Å². The van der Waals surface area contributed by atoms with E-state index in [0.717, 1.165) is 23.9 Å². The predicted octanol–water partition coefficient (Wildman–Crippen LogP) is 2.25. The molecule has 176 valence electrons. The molecule has 3 N–H and O–H groups in total. The second-order valence-electron chi connectivity index (χ2n) is 7.94. The van der Waals surface area contributed by atoms with Crippen LogP contribution in [0.25, 0.3) is 0 Å². The zero-order valence-corrected chi connectivity index (χ0v) is 19.0. The number of urea groups is 1. The number of benzene rings is 1. The molecule has 8 heteroatoms. The lowest BCUT2D eigenvalue weighted by Gasteiger charge is -2.30. The summed E-state index contributed by atoms with van der Waals surface area (Å²) in [5.41, 5.74) is 9.26. The number of morpholine rings is 1. The molecule has 2 heterocycles. The van der Waals surface area contributed by atoms with E-state index in [1.54, 1.807) is 17.1 Å². The first-order chi connectivity index (χ1) is 16.1. The Balaban J connectivity index is 1.77. The fourth-order valence-corrected chi connectivity index (χ4v) is 3.93. The third-order valence-electron chi connectivity index (χ3n) is 5.67. The van der Waals surface area contributed by atoms with E-state index in [1.165, 1.54) is 5.56 Å². The molecule has 2 amide bonds. The average molecular weight is 452 g/mol. The largest absolute Gasteiger partial charge is 0.378 e. The molecule has 0 bridgehead atoms. The molecule has 0 radical (unpaired) electrons. The van der Waals surface area contributed by atoms with Crippen molar-refractivity contribution in [1.82, 2.24) is 15.1 Å². The molecule has 0 aromatic heterocycles. The Morgan fingerprint density at radius 2 is 2.00 bits per heavy atom. The lowest BCUT2D eigenvalue weighted by molar-refractivity contribution is -0.107. The summed E-state index contributed by atoms with van der Waals surface area (Å²) in [6.45, 7) is 7.30. The first-order valence-corrected chi connectivity index (χ1v) is 11.3. The third kappa shape index (κ3) is 7.05. The highest BCUT2D eigenvalue weighted by atomic mass is 16.5. The number of aliphatic imine (C=N–C) groups is 1. The summed E-state index contributed by atoms with van der Waals surface area (Å²) in [5.74, 6) is 0.392. The highest BCUT2D eigenvalue weighted by molar-refractivity contribution is 5.80. The summed E-state index contributed by atoms with van der Waals surface area (Å²) in [4.78, 5) is 32.6. The number of nitrogens with two attached hydrogens (primary N) is 1. The molecule has 2 aliphatic rings. The van der Waals surface area contributed by atoms with E-state index in [4.69, 9.17) is 15.5 Å². The molecule has 2 fully saturated rings. The Morgan fingerprint density at radius 3 is 2.70 bits per heavy atom. The monoisotopic (exact) mass is 451 g/mol. The van der Waals surface area contributed by atoms with Crippen LogP contribution in [0.4, 0.5) is 4.79 Å². The highest BCUT2D eigenvalue weighted by Gasteiger charge is 2.33. The van der Waals surface area contributed by atoms with Crippen molar-refractivity contribution in [1.29, 1.82) is 0 Å². The Bertz CT molecular complexity index is 904. The summed E-state index contributed by atoms with van der Waals surface area (Å²) in [6.07, 6.45) is 7.40. The Labute approximate surface area is 195 Å². The van der Waals surface area contributed by atoms with E-state index in [9.17, 15) is 9.59 Å². The van der Waals surface area contributed by atoms with Crippen LogP contribution in [-0.4, -0.2) is 73.6 Å². The molecule has 1 aromatic rings. The quantitative estimate of drug-likeness (QED) is 0.273. The fraction of sp³-hybridized carbons (Fsp3) is 0.400. The number of likely N-dealkylation sites (tertiary alicyclic amines) is 1. The number of carbonyl (C=O) groups is 2. The molecule has 8 nitrogen and oxygen atoms in total. The third-order valence-corrected chi connectivity index (χ3v) is 5.67. The van der Waals surface area contributed by atoms with Gasteiger partial charge in [0, 0.05) is 32.6 Å². The molecule has 3 rings (SSSR count). The molecular formula is C25H33N5O3. The maximum atomic E-state index is 13.0. The van der Waals surface area contributed by atoms with Crippen molar-refractivity contribution in [2.45, 2.75) is 25.4 Å². The Morgan fingerprint density at radius 1 is 1.24 bits per heavy atom. The first-order valence-electron chi connectivity index (χ1n) is 11.3. The summed E-state index contributed by atoms with van der Waals surface area (Å²) >= 11 is 0. The number of nitrogens with one attached hydrogen (secondary N) is 1. The zero-order chi connectivity index (χ0) is 23.5. The minimum absolute atomic E-state index is 0.178. The molecular weight excluding hydrogens is 418 g/mol. The van der Waals surface area contributed by atoms with Gasteiger partial charge in [0.1, 0.15) is 6.29 Å². The SMILES string of the molecule is C=CC=C(C=C1CCN(C(=O)NCCc2ccccc2)C1N=C(N)N1CCOCC1)CC=O. The van der Waals surface area contributed by atoms with Gasteiger partial charge < -0.3 is 25.5 Å². The van der Waals surface area contributed by atoms with Crippen LogP contribution < -0.4 is 11.1 Å². The molecule has 0 aliphatic carbocycles. The van der Waals surface area contributed by atoms with Crippen LogP contribution in [0, 0.1) is 0 Å². The van der Waals surface area contributed by atoms with Gasteiger partial charge >= 0.3 is 6.03 Å². The van der Waals surface area contributed by atoms with Crippen molar-refractivity contribution in [3.63, 3.8) is 0 Å². The van der Waals surface area contributed by atoms with E-state index < -0.39 is 6.17 Å². The van der Waals surface area contributed by atoms with E-state index in [1.807, 2.05) is 41.3 Å². The summed E-state index contributed by atoms with van der Waals surface area (Å²) in [7, 11) is 0. The van der Waals surface area contributed by atoms with Crippen LogP contribution in [0.3, 0.4) is 0 Å². The smallest absolute Gasteiger partial charge is 0.319 e. The van der Waals surface area contributed by atoms with Gasteiger partial charge in [-0.2, -0.15) is 0 Å². The van der Waals surface area contributed by atoms with Gasteiger partial charge in [0.05, 0.1) is 13.2 Å². The number of hydrogen-bond donors (Lipinski definition) is 2. The number of amides is 2. The molecule has 0 spiro atoms. The lowest BCUT2D eigenvalue weighted by atomic mass is 10.1. The van der Waals surface area contributed by atoms with Gasteiger partial charge in [-0.05, 0) is 29.6 Å². The number of ether oxygens (including phenoxy) is 1. The predicted molar refractivity (Wildman–Crippen MR) is 130 cm³/mol. The molecule has 2 saturated heterocycles. The van der Waals surface area contributed by atoms with Gasteiger partial charge in [-0.25, -0.2) is 9.79 Å². The van der Waals surface area contributed by atoms with E-state index in [-0.39, 0.29) is 12.5 Å². The summed E-state index contributed by atoms with van der Waals surface area (Å²) in [5, 5.41) is 3.01. The second kappa shape index (κ2) is 12.6. The Kier molecular flexibility index (Phi) is 9.26. The lowest BCUT2D eigenvalue weighted by Crippen LogP contribution is -2.48. The minimum atomic E-state index is -0.524. The topological polar surface area (TPSA) is 100 Å². The maximum absolute atomic E-state index is 13.0. The van der Waals surface area contributed by atoms with Crippen LogP contribution in [0.15, 0.2) is 71.3 Å². The fourth-order valence-electron chi connectivity index (χ4n) is 3.93. The van der Waals surface area contributed by atoms with Gasteiger partial charge in [-0.1, -0.05) is 55.1 Å². The van der Waals surface area contributed by atoms with Crippen LogP contribution in [-0.2, 0) is 16.0 Å². The van der Waals surface area contributed by atoms with Crippen molar-refractivity contribution >= 4 is 18.3 Å². The first kappa shape index (κ1) is 24.3. The van der Waals surface area contributed by atoms with Crippen molar-refractivity contribution in [2.24, 2.45) is 10.7 Å². The zero-order valence-electron chi connectivity index (χ0n) is 19.0. The maximum Gasteiger partial charge on any atom is 0.319 e. The van der Waals surface area contributed by atoms with Crippen molar-refractivity contribution in [3.05, 3.63) is 71.8 Å². The van der Waals surface area contributed by atoms with E-state index >= 15 is 0 Å². The minimum Gasteiger partial charge on any atom is -0.378 e.